The summed E-state index contributed by atoms with van der Waals surface area (Å²) in [5, 5.41) is 0. The quantitative estimate of drug-likeness (QED) is 0.637. The molecule has 1 N–H and O–H groups in total. The number of halogens is 1. The van der Waals surface area contributed by atoms with Gasteiger partial charge in [-0.05, 0) is 0 Å². The molecule has 0 amide bonds. The Morgan fingerprint density at radius 2 is 2.05 bits per heavy atom. The first-order valence-electron chi connectivity index (χ1n) is 6.88. The Morgan fingerprint density at radius 1 is 1.32 bits per heavy atom. The number of alkyl halides is 1. The average molecular weight is 386 g/mol. The number of ether oxygens (including phenoxy) is 1. The molecule has 1 unspecified atom stereocenters. The first kappa shape index (κ1) is 15.6. The van der Waals surface area contributed by atoms with Crippen molar-refractivity contribution < 1.29 is 4.74 Å². The number of H-pyrrole nitrogens is 1. The number of hydrogen-bond acceptors (Lipinski definition) is 3. The number of aromatic amines is 1. The van der Waals surface area contributed by atoms with E-state index in [0.29, 0.717) is 12.0 Å². The van der Waals surface area contributed by atoms with Gasteiger partial charge in [0.15, 0.2) is 0 Å². The topological polar surface area (TPSA) is 64.1 Å². The summed E-state index contributed by atoms with van der Waals surface area (Å²) in [5.41, 5.74) is -0.778. The van der Waals surface area contributed by atoms with E-state index < -0.39 is 17.5 Å². The molecule has 5 nitrogen and oxygen atoms in total. The Hall–Kier alpha value is -1.33. The van der Waals surface area contributed by atoms with Gasteiger partial charge in [0.2, 0.25) is 0 Å². The summed E-state index contributed by atoms with van der Waals surface area (Å²) in [6, 6.07) is 10.1. The molecule has 3 atom stereocenters. The molecule has 1 aliphatic heterocycles. The molecule has 2 heterocycles. The first-order valence-corrected chi connectivity index (χ1v) is 9.16. The Kier molecular flexibility index (Phi) is 4.54. The minimum atomic E-state index is -0.461. The van der Waals surface area contributed by atoms with Crippen LogP contribution in [0.5, 0.6) is 0 Å². The number of rotatable bonds is 3. The molecule has 3 rings (SSSR count). The van der Waals surface area contributed by atoms with Crippen molar-refractivity contribution >= 4 is 31.0 Å². The van der Waals surface area contributed by atoms with E-state index in [2.05, 4.69) is 17.1 Å². The third-order valence-electron chi connectivity index (χ3n) is 3.50. The monoisotopic (exact) mass is 386 g/mol. The second kappa shape index (κ2) is 6.42. The summed E-state index contributed by atoms with van der Waals surface area (Å²) in [4.78, 5) is 25.9. The zero-order valence-electron chi connectivity index (χ0n) is 11.9. The second-order valence-electron chi connectivity index (χ2n) is 5.13. The predicted molar refractivity (Wildman–Crippen MR) is 86.0 cm³/mol. The number of aryl methyl sites for hydroxylation is 1. The molecular weight excluding hydrogens is 371 g/mol. The molecular formula is C15H15ClN2O3Se. The molecule has 0 saturated carbocycles. The molecule has 0 aliphatic carbocycles. The predicted octanol–water partition coefficient (Wildman–Crippen LogP) is 1.15. The van der Waals surface area contributed by atoms with Crippen LogP contribution in [0.15, 0.2) is 46.1 Å². The maximum atomic E-state index is 11.9. The molecule has 116 valence electrons. The van der Waals surface area contributed by atoms with Gasteiger partial charge in [-0.1, -0.05) is 0 Å². The third kappa shape index (κ3) is 3.20. The fourth-order valence-corrected chi connectivity index (χ4v) is 5.14. The Labute approximate surface area is 138 Å². The fraction of sp³-hybridized carbons (Fsp3) is 0.333. The van der Waals surface area contributed by atoms with Crippen LogP contribution in [0, 0.1) is 6.92 Å². The zero-order valence-corrected chi connectivity index (χ0v) is 14.3. The van der Waals surface area contributed by atoms with Crippen molar-refractivity contribution in [1.82, 2.24) is 9.55 Å². The molecule has 1 aromatic carbocycles. The zero-order chi connectivity index (χ0) is 15.7. The van der Waals surface area contributed by atoms with Crippen LogP contribution in [0.3, 0.4) is 0 Å². The molecule has 1 aliphatic rings. The Morgan fingerprint density at radius 3 is 2.77 bits per heavy atom. The molecule has 1 saturated heterocycles. The molecule has 1 fully saturated rings. The number of hydrogen-bond donors (Lipinski definition) is 1. The Balaban J connectivity index is 1.80. The maximum absolute atomic E-state index is 11.9. The number of nitrogens with zero attached hydrogens (tertiary/aromatic N) is 1. The average Bonchev–Trinajstić information content (AvgIpc) is 2.85. The second-order valence-corrected chi connectivity index (χ2v) is 8.31. The van der Waals surface area contributed by atoms with Gasteiger partial charge in [0.05, 0.1) is 0 Å². The van der Waals surface area contributed by atoms with Crippen LogP contribution in [0.25, 0.3) is 0 Å². The van der Waals surface area contributed by atoms with E-state index in [1.54, 1.807) is 6.92 Å². The van der Waals surface area contributed by atoms with E-state index in [-0.39, 0.29) is 25.3 Å². The van der Waals surface area contributed by atoms with Crippen molar-refractivity contribution in [3.05, 3.63) is 62.9 Å². The summed E-state index contributed by atoms with van der Waals surface area (Å²) in [5.74, 6) is 0. The number of aromatic nitrogens is 2. The number of nitrogens with one attached hydrogen (secondary N) is 1. The van der Waals surface area contributed by atoms with Crippen LogP contribution in [-0.4, -0.2) is 30.1 Å². The molecule has 2 aromatic rings. The SMILES string of the molecule is Cc1cn([C@H]2C[C@H]([Se]c3ccccc3)C(Cl)O2)c(=O)[nH]c1=O. The summed E-state index contributed by atoms with van der Waals surface area (Å²) >= 11 is 6.47. The summed E-state index contributed by atoms with van der Waals surface area (Å²) in [6.45, 7) is 1.66. The first-order chi connectivity index (χ1) is 10.5. The Bertz CT molecular complexity index is 774. The van der Waals surface area contributed by atoms with Crippen molar-refractivity contribution in [2.75, 3.05) is 0 Å². The molecule has 0 bridgehead atoms. The minimum absolute atomic E-state index is 0.170. The van der Waals surface area contributed by atoms with Gasteiger partial charge in [0.25, 0.3) is 0 Å². The third-order valence-corrected chi connectivity index (χ3v) is 6.95. The van der Waals surface area contributed by atoms with Crippen LogP contribution < -0.4 is 15.7 Å². The van der Waals surface area contributed by atoms with E-state index in [9.17, 15) is 9.59 Å². The molecule has 0 spiro atoms. The van der Waals surface area contributed by atoms with Crippen molar-refractivity contribution in [2.45, 2.75) is 30.0 Å². The van der Waals surface area contributed by atoms with Crippen LogP contribution in [0.2, 0.25) is 4.82 Å². The summed E-state index contributed by atoms with van der Waals surface area (Å²) in [6.07, 6.45) is 1.77. The van der Waals surface area contributed by atoms with E-state index >= 15 is 0 Å². The van der Waals surface area contributed by atoms with Crippen LogP contribution in [-0.2, 0) is 4.74 Å². The van der Waals surface area contributed by atoms with Crippen molar-refractivity contribution in [3.8, 4) is 0 Å². The van der Waals surface area contributed by atoms with Crippen molar-refractivity contribution in [1.29, 1.82) is 0 Å². The van der Waals surface area contributed by atoms with E-state index in [0.717, 1.165) is 0 Å². The molecule has 1 aromatic heterocycles. The summed E-state index contributed by atoms with van der Waals surface area (Å²) in [7, 11) is 0. The van der Waals surface area contributed by atoms with Gasteiger partial charge < -0.3 is 0 Å². The fourth-order valence-electron chi connectivity index (χ4n) is 2.35. The molecule has 22 heavy (non-hydrogen) atoms. The summed E-state index contributed by atoms with van der Waals surface area (Å²) < 4.78 is 8.40. The van der Waals surface area contributed by atoms with Gasteiger partial charge in [0, 0.05) is 0 Å². The normalized spacial score (nSPS) is 24.5. The van der Waals surface area contributed by atoms with Crippen molar-refractivity contribution in [2.24, 2.45) is 0 Å². The van der Waals surface area contributed by atoms with Gasteiger partial charge in [-0.3, -0.25) is 0 Å². The van der Waals surface area contributed by atoms with E-state index in [1.807, 2.05) is 18.2 Å². The molecule has 0 radical (unpaired) electrons. The van der Waals surface area contributed by atoms with Crippen LogP contribution in [0.4, 0.5) is 0 Å². The van der Waals surface area contributed by atoms with Gasteiger partial charge in [-0.2, -0.15) is 0 Å². The van der Waals surface area contributed by atoms with Crippen molar-refractivity contribution in [3.63, 3.8) is 0 Å². The molecule has 7 heteroatoms. The van der Waals surface area contributed by atoms with Gasteiger partial charge in [-0.15, -0.1) is 0 Å². The number of benzene rings is 1. The van der Waals surface area contributed by atoms with Gasteiger partial charge in [-0.25, -0.2) is 0 Å². The van der Waals surface area contributed by atoms with Gasteiger partial charge in [0.1, 0.15) is 0 Å². The van der Waals surface area contributed by atoms with Crippen LogP contribution in [0.1, 0.15) is 18.2 Å². The van der Waals surface area contributed by atoms with Gasteiger partial charge >= 0.3 is 138 Å². The standard InChI is InChI=1S/C15H15ClN2O3Se/c1-9-8-18(15(20)17-14(9)19)12-7-11(13(16)21-12)22-10-5-3-2-4-6-10/h2-6,8,11-13H,7H2,1H3,(H,17,19,20)/t11-,12+,13?/m0/s1. The van der Waals surface area contributed by atoms with E-state index in [4.69, 9.17) is 16.3 Å². The van der Waals surface area contributed by atoms with Crippen LogP contribution >= 0.6 is 11.6 Å². The van der Waals surface area contributed by atoms with E-state index in [1.165, 1.54) is 15.2 Å².